The number of nitrogens with zero attached hydrogens (tertiary/aromatic N) is 2. The normalized spacial score (nSPS) is 11.4. The van der Waals surface area contributed by atoms with Crippen molar-refractivity contribution in [2.75, 3.05) is 44.4 Å². The fraction of sp³-hybridized carbons (Fsp3) is 0.571. The van der Waals surface area contributed by atoms with Crippen LogP contribution in [-0.4, -0.2) is 38.6 Å². The Balaban J connectivity index is 2.99. The van der Waals surface area contributed by atoms with Gasteiger partial charge in [-0.05, 0) is 42.0 Å². The van der Waals surface area contributed by atoms with Crippen LogP contribution in [0, 0.1) is 11.7 Å². The Morgan fingerprint density at radius 3 is 2.42 bits per heavy atom. The molecule has 108 valence electrons. The van der Waals surface area contributed by atoms with Crippen molar-refractivity contribution in [2.24, 2.45) is 5.92 Å². The van der Waals surface area contributed by atoms with Gasteiger partial charge in [0.2, 0.25) is 0 Å². The molecule has 0 aliphatic carbocycles. The van der Waals surface area contributed by atoms with E-state index in [0.717, 1.165) is 25.3 Å². The zero-order valence-corrected chi connectivity index (χ0v) is 13.7. The number of rotatable bonds is 6. The molecule has 0 amide bonds. The Labute approximate surface area is 123 Å². The molecule has 0 unspecified atom stereocenters. The Morgan fingerprint density at radius 1 is 1.26 bits per heavy atom. The van der Waals surface area contributed by atoms with Crippen LogP contribution in [-0.2, 0) is 0 Å². The fourth-order valence-corrected chi connectivity index (χ4v) is 2.26. The molecule has 0 aromatic heterocycles. The van der Waals surface area contributed by atoms with Crippen LogP contribution in [0.15, 0.2) is 16.6 Å². The lowest BCUT2D eigenvalue weighted by molar-refractivity contribution is 0.409. The first-order valence-electron chi connectivity index (χ1n) is 6.45. The highest BCUT2D eigenvalue weighted by molar-refractivity contribution is 9.10. The number of likely N-dealkylation sites (N-methyl/N-ethyl adjacent to an activating group) is 1. The van der Waals surface area contributed by atoms with Crippen molar-refractivity contribution >= 4 is 27.3 Å². The second kappa shape index (κ2) is 7.10. The van der Waals surface area contributed by atoms with Crippen molar-refractivity contribution in [1.82, 2.24) is 4.90 Å². The first kappa shape index (κ1) is 16.2. The molecule has 0 spiro atoms. The summed E-state index contributed by atoms with van der Waals surface area (Å²) in [5, 5.41) is 0. The van der Waals surface area contributed by atoms with E-state index in [1.54, 1.807) is 6.07 Å². The minimum Gasteiger partial charge on any atom is -0.397 e. The highest BCUT2D eigenvalue weighted by Crippen LogP contribution is 2.29. The van der Waals surface area contributed by atoms with Crippen molar-refractivity contribution in [2.45, 2.75) is 13.8 Å². The van der Waals surface area contributed by atoms with E-state index in [1.807, 2.05) is 14.1 Å². The molecule has 19 heavy (non-hydrogen) atoms. The summed E-state index contributed by atoms with van der Waals surface area (Å²) in [5.74, 6) is 0.219. The van der Waals surface area contributed by atoms with Gasteiger partial charge in [0.1, 0.15) is 5.82 Å². The van der Waals surface area contributed by atoms with Crippen LogP contribution < -0.4 is 10.6 Å². The first-order valence-corrected chi connectivity index (χ1v) is 7.24. The van der Waals surface area contributed by atoms with Gasteiger partial charge in [-0.25, -0.2) is 4.39 Å². The topological polar surface area (TPSA) is 32.5 Å². The maximum Gasteiger partial charge on any atom is 0.139 e. The predicted molar refractivity (Wildman–Crippen MR) is 84.1 cm³/mol. The molecular formula is C14H23BrFN3. The van der Waals surface area contributed by atoms with Crippen LogP contribution in [0.25, 0.3) is 0 Å². The minimum atomic E-state index is -0.275. The molecule has 2 N–H and O–H groups in total. The maximum atomic E-state index is 13.7. The van der Waals surface area contributed by atoms with Crippen LogP contribution in [0.1, 0.15) is 13.8 Å². The van der Waals surface area contributed by atoms with Gasteiger partial charge in [0.05, 0.1) is 15.8 Å². The molecule has 0 aliphatic rings. The quantitative estimate of drug-likeness (QED) is 0.812. The molecule has 0 atom stereocenters. The molecule has 0 saturated carbocycles. The highest BCUT2D eigenvalue weighted by atomic mass is 79.9. The summed E-state index contributed by atoms with van der Waals surface area (Å²) in [5.41, 5.74) is 7.40. The van der Waals surface area contributed by atoms with Crippen LogP contribution in [0.4, 0.5) is 15.8 Å². The van der Waals surface area contributed by atoms with Crippen molar-refractivity contribution in [3.63, 3.8) is 0 Å². The van der Waals surface area contributed by atoms with Gasteiger partial charge in [-0.15, -0.1) is 0 Å². The summed E-state index contributed by atoms with van der Waals surface area (Å²) in [4.78, 5) is 4.26. The second-order valence-corrected chi connectivity index (χ2v) is 6.32. The standard InChI is InChI=1S/C14H23BrFN3/c1-10(2)9-19(6-5-18(3)4)14-8-12(16)11(15)7-13(14)17/h7-8,10H,5-6,9,17H2,1-4H3. The van der Waals surface area contributed by atoms with E-state index in [1.165, 1.54) is 6.07 Å². The van der Waals surface area contributed by atoms with Crippen molar-refractivity contribution in [1.29, 1.82) is 0 Å². The van der Waals surface area contributed by atoms with Gasteiger partial charge in [-0.3, -0.25) is 0 Å². The number of hydrogen-bond donors (Lipinski definition) is 1. The maximum absolute atomic E-state index is 13.7. The molecule has 1 rings (SSSR count). The molecule has 1 aromatic rings. The zero-order chi connectivity index (χ0) is 14.6. The molecule has 0 radical (unpaired) electrons. The summed E-state index contributed by atoms with van der Waals surface area (Å²) in [6, 6.07) is 3.14. The number of benzene rings is 1. The van der Waals surface area contributed by atoms with Crippen molar-refractivity contribution in [3.05, 3.63) is 22.4 Å². The van der Waals surface area contributed by atoms with Crippen molar-refractivity contribution < 1.29 is 4.39 Å². The Morgan fingerprint density at radius 2 is 1.89 bits per heavy atom. The summed E-state index contributed by atoms with van der Waals surface area (Å²) >= 11 is 3.16. The summed E-state index contributed by atoms with van der Waals surface area (Å²) in [6.45, 7) is 6.89. The van der Waals surface area contributed by atoms with E-state index < -0.39 is 0 Å². The summed E-state index contributed by atoms with van der Waals surface area (Å²) in [6.07, 6.45) is 0. The van der Waals surface area contributed by atoms with E-state index in [4.69, 9.17) is 5.73 Å². The van der Waals surface area contributed by atoms with Gasteiger partial charge >= 0.3 is 0 Å². The van der Waals surface area contributed by atoms with E-state index in [9.17, 15) is 4.39 Å². The Bertz CT molecular complexity index is 421. The van der Waals surface area contributed by atoms with E-state index >= 15 is 0 Å². The molecule has 1 aromatic carbocycles. The summed E-state index contributed by atoms with van der Waals surface area (Å²) in [7, 11) is 4.05. The first-order chi connectivity index (χ1) is 8.81. The van der Waals surface area contributed by atoms with Crippen LogP contribution >= 0.6 is 15.9 Å². The van der Waals surface area contributed by atoms with Crippen LogP contribution in [0.5, 0.6) is 0 Å². The van der Waals surface area contributed by atoms with Crippen LogP contribution in [0.3, 0.4) is 0 Å². The fourth-order valence-electron chi connectivity index (χ4n) is 1.90. The average Bonchev–Trinajstić information content (AvgIpc) is 2.29. The molecule has 5 heteroatoms. The second-order valence-electron chi connectivity index (χ2n) is 5.47. The zero-order valence-electron chi connectivity index (χ0n) is 12.1. The average molecular weight is 332 g/mol. The monoisotopic (exact) mass is 331 g/mol. The SMILES string of the molecule is CC(C)CN(CCN(C)C)c1cc(F)c(Br)cc1N. The molecule has 3 nitrogen and oxygen atoms in total. The third-order valence-corrected chi connectivity index (χ3v) is 3.42. The molecule has 0 saturated heterocycles. The van der Waals surface area contributed by atoms with Gasteiger partial charge in [0.15, 0.2) is 0 Å². The number of hydrogen-bond acceptors (Lipinski definition) is 3. The van der Waals surface area contributed by atoms with E-state index in [2.05, 4.69) is 39.6 Å². The number of nitrogen functional groups attached to an aromatic ring is 1. The molecule has 0 bridgehead atoms. The number of nitrogens with two attached hydrogens (primary N) is 1. The Hall–Kier alpha value is -0.810. The third-order valence-electron chi connectivity index (χ3n) is 2.81. The van der Waals surface area contributed by atoms with E-state index in [0.29, 0.717) is 16.1 Å². The van der Waals surface area contributed by atoms with Gasteiger partial charge < -0.3 is 15.5 Å². The molecule has 0 heterocycles. The minimum absolute atomic E-state index is 0.275. The van der Waals surface area contributed by atoms with Gasteiger partial charge in [-0.2, -0.15) is 0 Å². The lowest BCUT2D eigenvalue weighted by Gasteiger charge is -2.29. The highest BCUT2D eigenvalue weighted by Gasteiger charge is 2.14. The molecular weight excluding hydrogens is 309 g/mol. The van der Waals surface area contributed by atoms with Crippen molar-refractivity contribution in [3.8, 4) is 0 Å². The van der Waals surface area contributed by atoms with Gasteiger partial charge in [0, 0.05) is 25.7 Å². The smallest absolute Gasteiger partial charge is 0.139 e. The number of halogens is 2. The molecule has 0 fully saturated rings. The van der Waals surface area contributed by atoms with E-state index in [-0.39, 0.29) is 5.82 Å². The van der Waals surface area contributed by atoms with Gasteiger partial charge in [0.25, 0.3) is 0 Å². The third kappa shape index (κ3) is 4.99. The van der Waals surface area contributed by atoms with Crippen LogP contribution in [0.2, 0.25) is 0 Å². The summed E-state index contributed by atoms with van der Waals surface area (Å²) < 4.78 is 14.1. The lowest BCUT2D eigenvalue weighted by Crippen LogP contribution is -2.35. The largest absolute Gasteiger partial charge is 0.397 e. The lowest BCUT2D eigenvalue weighted by atomic mass is 10.1. The predicted octanol–water partition coefficient (Wildman–Crippen LogP) is 3.19. The van der Waals surface area contributed by atoms with Gasteiger partial charge in [-0.1, -0.05) is 13.8 Å². The number of anilines is 2. The Kier molecular flexibility index (Phi) is 6.07. The molecule has 0 aliphatic heterocycles.